The second-order valence-corrected chi connectivity index (χ2v) is 5.78. The average molecular weight is 280 g/mol. The number of amides is 1. The molecule has 0 aliphatic heterocycles. The highest BCUT2D eigenvalue weighted by molar-refractivity contribution is 5.95. The van der Waals surface area contributed by atoms with E-state index in [1.807, 2.05) is 61.5 Å². The van der Waals surface area contributed by atoms with Gasteiger partial charge >= 0.3 is 0 Å². The van der Waals surface area contributed by atoms with E-state index in [-0.39, 0.29) is 11.9 Å². The van der Waals surface area contributed by atoms with Crippen LogP contribution in [0.2, 0.25) is 0 Å². The Morgan fingerprint density at radius 3 is 2.57 bits per heavy atom. The van der Waals surface area contributed by atoms with Crippen LogP contribution in [0.15, 0.2) is 54.6 Å². The quantitative estimate of drug-likeness (QED) is 0.933. The minimum atomic E-state index is 0.0159. The van der Waals surface area contributed by atoms with Crippen LogP contribution in [0.1, 0.15) is 28.3 Å². The van der Waals surface area contributed by atoms with Crippen molar-refractivity contribution in [3.63, 3.8) is 0 Å². The molecule has 3 heteroatoms. The smallest absolute Gasteiger partial charge is 0.251 e. The molecule has 1 aliphatic carbocycles. The van der Waals surface area contributed by atoms with Gasteiger partial charge in [-0.1, -0.05) is 36.4 Å². The van der Waals surface area contributed by atoms with Gasteiger partial charge in [-0.3, -0.25) is 4.79 Å². The maximum absolute atomic E-state index is 12.3. The van der Waals surface area contributed by atoms with Crippen molar-refractivity contribution in [1.29, 1.82) is 0 Å². The summed E-state index contributed by atoms with van der Waals surface area (Å²) in [4.78, 5) is 14.3. The van der Waals surface area contributed by atoms with Gasteiger partial charge < -0.3 is 10.2 Å². The van der Waals surface area contributed by atoms with Crippen LogP contribution >= 0.6 is 0 Å². The molecule has 0 bridgehead atoms. The number of nitrogens with one attached hydrogen (secondary N) is 1. The van der Waals surface area contributed by atoms with Crippen LogP contribution in [-0.4, -0.2) is 26.0 Å². The summed E-state index contributed by atoms with van der Waals surface area (Å²) in [6, 6.07) is 18.4. The number of nitrogens with zero attached hydrogens (tertiary/aromatic N) is 1. The van der Waals surface area contributed by atoms with Gasteiger partial charge in [-0.2, -0.15) is 0 Å². The molecule has 3 rings (SSSR count). The molecule has 0 heterocycles. The van der Waals surface area contributed by atoms with E-state index >= 15 is 0 Å². The maximum atomic E-state index is 12.3. The summed E-state index contributed by atoms with van der Waals surface area (Å²) in [5, 5.41) is 3.13. The predicted molar refractivity (Wildman–Crippen MR) is 85.8 cm³/mol. The Labute approximate surface area is 125 Å². The summed E-state index contributed by atoms with van der Waals surface area (Å²) in [7, 11) is 3.95. The van der Waals surface area contributed by atoms with Crippen LogP contribution in [0, 0.1) is 0 Å². The third kappa shape index (κ3) is 3.07. The van der Waals surface area contributed by atoms with Gasteiger partial charge in [0.25, 0.3) is 5.91 Å². The lowest BCUT2D eigenvalue weighted by atomic mass is 10.1. The largest absolute Gasteiger partial charge is 0.378 e. The molecule has 108 valence electrons. The molecular weight excluding hydrogens is 260 g/mol. The number of hydrogen-bond acceptors (Lipinski definition) is 2. The van der Waals surface area contributed by atoms with Gasteiger partial charge in [0, 0.05) is 37.3 Å². The van der Waals surface area contributed by atoms with Gasteiger partial charge in [-0.25, -0.2) is 0 Å². The van der Waals surface area contributed by atoms with E-state index in [9.17, 15) is 4.79 Å². The van der Waals surface area contributed by atoms with E-state index in [2.05, 4.69) is 17.4 Å². The Morgan fingerprint density at radius 2 is 1.86 bits per heavy atom. The summed E-state index contributed by atoms with van der Waals surface area (Å²) < 4.78 is 0. The molecule has 1 amide bonds. The van der Waals surface area contributed by atoms with E-state index in [0.717, 1.165) is 17.7 Å². The molecule has 1 aliphatic rings. The summed E-state index contributed by atoms with van der Waals surface area (Å²) in [5.41, 5.74) is 3.07. The normalized spacial score (nSPS) is 19.9. The van der Waals surface area contributed by atoms with Crippen LogP contribution < -0.4 is 10.2 Å². The van der Waals surface area contributed by atoms with Crippen molar-refractivity contribution in [3.8, 4) is 0 Å². The first kappa shape index (κ1) is 13.7. The zero-order valence-corrected chi connectivity index (χ0v) is 12.4. The number of hydrogen-bond donors (Lipinski definition) is 1. The van der Waals surface area contributed by atoms with Crippen LogP contribution in [-0.2, 0) is 0 Å². The van der Waals surface area contributed by atoms with E-state index in [4.69, 9.17) is 0 Å². The number of carbonyl (C=O) groups is 1. The lowest BCUT2D eigenvalue weighted by Crippen LogP contribution is -2.26. The Kier molecular flexibility index (Phi) is 3.65. The monoisotopic (exact) mass is 280 g/mol. The molecule has 0 saturated heterocycles. The zero-order chi connectivity index (χ0) is 14.8. The summed E-state index contributed by atoms with van der Waals surface area (Å²) >= 11 is 0. The summed E-state index contributed by atoms with van der Waals surface area (Å²) in [6.07, 6.45) is 1.03. The van der Waals surface area contributed by atoms with Crippen molar-refractivity contribution in [2.75, 3.05) is 19.0 Å². The third-order valence-corrected chi connectivity index (χ3v) is 3.96. The first-order chi connectivity index (χ1) is 10.1. The molecule has 2 unspecified atom stereocenters. The van der Waals surface area contributed by atoms with E-state index < -0.39 is 0 Å². The Balaban J connectivity index is 1.64. The van der Waals surface area contributed by atoms with Crippen molar-refractivity contribution >= 4 is 11.6 Å². The average Bonchev–Trinajstić information content (AvgIpc) is 3.27. The van der Waals surface area contributed by atoms with Crippen molar-refractivity contribution in [1.82, 2.24) is 5.32 Å². The number of carbonyl (C=O) groups excluding carboxylic acids is 1. The molecule has 2 aromatic rings. The van der Waals surface area contributed by atoms with Crippen LogP contribution in [0.5, 0.6) is 0 Å². The van der Waals surface area contributed by atoms with E-state index in [1.54, 1.807) is 0 Å². The molecule has 2 atom stereocenters. The molecule has 3 nitrogen and oxygen atoms in total. The van der Waals surface area contributed by atoms with Gasteiger partial charge in [0.1, 0.15) is 0 Å². The fraction of sp³-hybridized carbons (Fsp3) is 0.278. The maximum Gasteiger partial charge on any atom is 0.251 e. The molecule has 1 N–H and O–H groups in total. The number of anilines is 1. The third-order valence-electron chi connectivity index (χ3n) is 3.96. The molecule has 0 aromatic heterocycles. The Morgan fingerprint density at radius 1 is 1.10 bits per heavy atom. The SMILES string of the molecule is CN(C)c1cccc(C(=O)NC2CC2c2ccccc2)c1. The van der Waals surface area contributed by atoms with Crippen molar-refractivity contribution < 1.29 is 4.79 Å². The minimum absolute atomic E-state index is 0.0159. The van der Waals surface area contributed by atoms with Crippen molar-refractivity contribution in [2.45, 2.75) is 18.4 Å². The lowest BCUT2D eigenvalue weighted by molar-refractivity contribution is 0.0950. The molecule has 0 spiro atoms. The molecule has 1 saturated carbocycles. The molecule has 0 radical (unpaired) electrons. The molecule has 1 fully saturated rings. The fourth-order valence-corrected chi connectivity index (χ4v) is 2.60. The summed E-state index contributed by atoms with van der Waals surface area (Å²) in [6.45, 7) is 0. The van der Waals surface area contributed by atoms with E-state index in [1.165, 1.54) is 5.56 Å². The molecule has 2 aromatic carbocycles. The highest BCUT2D eigenvalue weighted by Crippen LogP contribution is 2.40. The fourth-order valence-electron chi connectivity index (χ4n) is 2.60. The lowest BCUT2D eigenvalue weighted by Gasteiger charge is -2.13. The highest BCUT2D eigenvalue weighted by atomic mass is 16.1. The minimum Gasteiger partial charge on any atom is -0.378 e. The number of benzene rings is 2. The van der Waals surface area contributed by atoms with E-state index in [0.29, 0.717) is 5.92 Å². The first-order valence-corrected chi connectivity index (χ1v) is 7.28. The molecule has 21 heavy (non-hydrogen) atoms. The Hall–Kier alpha value is -2.29. The van der Waals surface area contributed by atoms with Crippen LogP contribution in [0.3, 0.4) is 0 Å². The molecular formula is C18H20N2O. The van der Waals surface area contributed by atoms with Gasteiger partial charge in [-0.15, -0.1) is 0 Å². The van der Waals surface area contributed by atoms with Gasteiger partial charge in [0.2, 0.25) is 0 Å². The van der Waals surface area contributed by atoms with Gasteiger partial charge in [0.15, 0.2) is 0 Å². The zero-order valence-electron chi connectivity index (χ0n) is 12.4. The van der Waals surface area contributed by atoms with Crippen molar-refractivity contribution in [3.05, 3.63) is 65.7 Å². The highest BCUT2D eigenvalue weighted by Gasteiger charge is 2.39. The van der Waals surface area contributed by atoms with Crippen LogP contribution in [0.4, 0.5) is 5.69 Å². The Bertz CT molecular complexity index is 637. The summed E-state index contributed by atoms with van der Waals surface area (Å²) in [5.74, 6) is 0.481. The van der Waals surface area contributed by atoms with Gasteiger partial charge in [-0.05, 0) is 30.2 Å². The second-order valence-electron chi connectivity index (χ2n) is 5.78. The van der Waals surface area contributed by atoms with Crippen LogP contribution in [0.25, 0.3) is 0 Å². The second kappa shape index (κ2) is 5.60. The van der Waals surface area contributed by atoms with Gasteiger partial charge in [0.05, 0.1) is 0 Å². The predicted octanol–water partition coefficient (Wildman–Crippen LogP) is 3.04. The van der Waals surface area contributed by atoms with Crippen molar-refractivity contribution in [2.24, 2.45) is 0 Å². The standard InChI is InChI=1S/C18H20N2O/c1-20(2)15-10-6-9-14(11-15)18(21)19-17-12-16(17)13-7-4-3-5-8-13/h3-11,16-17H,12H2,1-2H3,(H,19,21). The number of rotatable bonds is 4. The topological polar surface area (TPSA) is 32.3 Å². The first-order valence-electron chi connectivity index (χ1n) is 7.28.